The lowest BCUT2D eigenvalue weighted by Gasteiger charge is -2.17. The summed E-state index contributed by atoms with van der Waals surface area (Å²) in [6.45, 7) is 3.52. The van der Waals surface area contributed by atoms with Crippen LogP contribution in [0.15, 0.2) is 18.2 Å². The highest BCUT2D eigenvalue weighted by Gasteiger charge is 2.22. The fourth-order valence-electron chi connectivity index (χ4n) is 1.92. The largest absolute Gasteiger partial charge is 0.493 e. The third kappa shape index (κ3) is 4.46. The molecule has 1 atom stereocenters. The molecule has 1 aromatic rings. The third-order valence-corrected chi connectivity index (χ3v) is 3.12. The van der Waals surface area contributed by atoms with Crippen LogP contribution >= 0.6 is 0 Å². The van der Waals surface area contributed by atoms with Crippen LogP contribution in [0.1, 0.15) is 24.2 Å². The molecule has 0 aliphatic carbocycles. The van der Waals surface area contributed by atoms with Gasteiger partial charge in [-0.15, -0.1) is 0 Å². The van der Waals surface area contributed by atoms with Gasteiger partial charge >= 0.3 is 5.97 Å². The summed E-state index contributed by atoms with van der Waals surface area (Å²) in [5.41, 5.74) is 0.438. The first-order chi connectivity index (χ1) is 9.90. The van der Waals surface area contributed by atoms with Crippen molar-refractivity contribution in [2.45, 2.75) is 19.9 Å². The monoisotopic (exact) mass is 295 g/mol. The van der Waals surface area contributed by atoms with Gasteiger partial charge in [-0.3, -0.25) is 14.9 Å². The van der Waals surface area contributed by atoms with Gasteiger partial charge in [0, 0.05) is 5.56 Å². The van der Waals surface area contributed by atoms with E-state index in [1.54, 1.807) is 32.0 Å². The summed E-state index contributed by atoms with van der Waals surface area (Å²) in [7, 11) is 3.00. The highest BCUT2D eigenvalue weighted by atomic mass is 16.5. The molecule has 0 radical (unpaired) electrons. The minimum absolute atomic E-state index is 0.0510. The van der Waals surface area contributed by atoms with E-state index in [9.17, 15) is 9.59 Å². The molecule has 1 aromatic carbocycles. The maximum atomic E-state index is 12.1. The van der Waals surface area contributed by atoms with Gasteiger partial charge in [0.05, 0.1) is 20.8 Å². The molecule has 0 aliphatic rings. The molecule has 1 rings (SSSR count). The maximum Gasteiger partial charge on any atom is 0.320 e. The zero-order chi connectivity index (χ0) is 16.0. The van der Waals surface area contributed by atoms with Gasteiger partial charge in [0.25, 0.3) is 0 Å². The number of rotatable bonds is 8. The van der Waals surface area contributed by atoms with Crippen LogP contribution in [0.2, 0.25) is 0 Å². The molecule has 0 saturated carbocycles. The van der Waals surface area contributed by atoms with E-state index in [0.717, 1.165) is 0 Å². The van der Waals surface area contributed by atoms with Crippen LogP contribution in [0, 0.1) is 5.92 Å². The second kappa shape index (κ2) is 7.64. The Kier molecular flexibility index (Phi) is 6.17. The summed E-state index contributed by atoms with van der Waals surface area (Å²) < 4.78 is 10.2. The van der Waals surface area contributed by atoms with Gasteiger partial charge < -0.3 is 14.6 Å². The number of nitrogens with one attached hydrogen (secondary N) is 1. The Morgan fingerprint density at radius 2 is 1.81 bits per heavy atom. The molecule has 0 fully saturated rings. The number of hydrogen-bond acceptors (Lipinski definition) is 5. The topological polar surface area (TPSA) is 84.9 Å². The zero-order valence-electron chi connectivity index (χ0n) is 12.7. The molecule has 2 N–H and O–H groups in total. The predicted molar refractivity (Wildman–Crippen MR) is 78.1 cm³/mol. The van der Waals surface area contributed by atoms with Gasteiger partial charge in [0.1, 0.15) is 6.04 Å². The lowest BCUT2D eigenvalue weighted by molar-refractivity contribution is -0.140. The Balaban J connectivity index is 2.78. The van der Waals surface area contributed by atoms with Crippen molar-refractivity contribution >= 4 is 11.8 Å². The molecule has 0 spiro atoms. The van der Waals surface area contributed by atoms with E-state index in [-0.39, 0.29) is 18.2 Å². The van der Waals surface area contributed by atoms with E-state index in [4.69, 9.17) is 14.6 Å². The van der Waals surface area contributed by atoms with Crippen molar-refractivity contribution in [1.82, 2.24) is 5.32 Å². The lowest BCUT2D eigenvalue weighted by atomic mass is 10.0. The molecule has 0 amide bonds. The van der Waals surface area contributed by atoms with Crippen LogP contribution in [0.4, 0.5) is 0 Å². The van der Waals surface area contributed by atoms with E-state index < -0.39 is 12.0 Å². The molecule has 116 valence electrons. The number of carboxylic acid groups (broad SMARTS) is 1. The fourth-order valence-corrected chi connectivity index (χ4v) is 1.92. The Morgan fingerprint density at radius 1 is 1.19 bits per heavy atom. The van der Waals surface area contributed by atoms with Gasteiger partial charge in [-0.2, -0.15) is 0 Å². The second-order valence-corrected chi connectivity index (χ2v) is 4.93. The highest BCUT2D eigenvalue weighted by molar-refractivity contribution is 5.98. The summed E-state index contributed by atoms with van der Waals surface area (Å²) in [6.07, 6.45) is 0. The average molecular weight is 295 g/mol. The molecule has 0 bridgehead atoms. The van der Waals surface area contributed by atoms with Crippen molar-refractivity contribution in [3.63, 3.8) is 0 Å². The number of carbonyl (C=O) groups is 2. The van der Waals surface area contributed by atoms with Crippen LogP contribution in [0.3, 0.4) is 0 Å². The third-order valence-electron chi connectivity index (χ3n) is 3.12. The van der Waals surface area contributed by atoms with E-state index in [1.165, 1.54) is 14.2 Å². The Morgan fingerprint density at radius 3 is 2.29 bits per heavy atom. The lowest BCUT2D eigenvalue weighted by Crippen LogP contribution is -2.43. The van der Waals surface area contributed by atoms with Gasteiger partial charge in [0.2, 0.25) is 0 Å². The van der Waals surface area contributed by atoms with Crippen molar-refractivity contribution < 1.29 is 24.2 Å². The Labute approximate surface area is 124 Å². The molecule has 0 heterocycles. The van der Waals surface area contributed by atoms with Crippen molar-refractivity contribution in [2.75, 3.05) is 20.8 Å². The van der Waals surface area contributed by atoms with Crippen LogP contribution in [0.25, 0.3) is 0 Å². The van der Waals surface area contributed by atoms with Crippen molar-refractivity contribution in [2.24, 2.45) is 5.92 Å². The van der Waals surface area contributed by atoms with E-state index >= 15 is 0 Å². The molecule has 0 aromatic heterocycles. The maximum absolute atomic E-state index is 12.1. The van der Waals surface area contributed by atoms with Gasteiger partial charge in [-0.05, 0) is 24.1 Å². The van der Waals surface area contributed by atoms with Crippen molar-refractivity contribution in [3.05, 3.63) is 23.8 Å². The molecule has 6 nitrogen and oxygen atoms in total. The van der Waals surface area contributed by atoms with E-state index in [2.05, 4.69) is 5.32 Å². The Bertz CT molecular complexity index is 513. The molecule has 0 unspecified atom stereocenters. The molecule has 21 heavy (non-hydrogen) atoms. The van der Waals surface area contributed by atoms with Crippen LogP contribution in [-0.4, -0.2) is 43.7 Å². The molecule has 0 aliphatic heterocycles. The number of hydrogen-bond donors (Lipinski definition) is 2. The standard InChI is InChI=1S/C15H21NO5/c1-9(2)14(15(18)19)16-8-11(17)10-5-6-12(20-3)13(7-10)21-4/h5-7,9,14,16H,8H2,1-4H3,(H,18,19)/t14-/m0/s1. The minimum atomic E-state index is -0.967. The summed E-state index contributed by atoms with van der Waals surface area (Å²) in [4.78, 5) is 23.2. The fraction of sp³-hybridized carbons (Fsp3) is 0.467. The quantitative estimate of drug-likeness (QED) is 0.708. The highest BCUT2D eigenvalue weighted by Crippen LogP contribution is 2.27. The number of carboxylic acids is 1. The van der Waals surface area contributed by atoms with Gasteiger partial charge in [-0.1, -0.05) is 13.8 Å². The zero-order valence-corrected chi connectivity index (χ0v) is 12.7. The summed E-state index contributed by atoms with van der Waals surface area (Å²) >= 11 is 0. The number of benzene rings is 1. The van der Waals surface area contributed by atoms with Gasteiger partial charge in [-0.25, -0.2) is 0 Å². The first-order valence-electron chi connectivity index (χ1n) is 6.62. The molecular weight excluding hydrogens is 274 g/mol. The number of carbonyl (C=O) groups excluding carboxylic acids is 1. The minimum Gasteiger partial charge on any atom is -0.493 e. The molecule has 0 saturated heterocycles. The number of ketones is 1. The second-order valence-electron chi connectivity index (χ2n) is 4.93. The number of ether oxygens (including phenoxy) is 2. The van der Waals surface area contributed by atoms with Gasteiger partial charge in [0.15, 0.2) is 17.3 Å². The molecule has 6 heteroatoms. The smallest absolute Gasteiger partial charge is 0.320 e. The van der Waals surface area contributed by atoms with E-state index in [0.29, 0.717) is 17.1 Å². The summed E-state index contributed by atoms with van der Waals surface area (Å²) in [6, 6.07) is 4.09. The number of methoxy groups -OCH3 is 2. The SMILES string of the molecule is COc1ccc(C(=O)CN[C@H](C(=O)O)C(C)C)cc1OC. The summed E-state index contributed by atoms with van der Waals surface area (Å²) in [5.74, 6) is -0.289. The predicted octanol–water partition coefficient (Wildman–Crippen LogP) is 1.59. The first-order valence-corrected chi connectivity index (χ1v) is 6.62. The normalized spacial score (nSPS) is 12.0. The van der Waals surface area contributed by atoms with E-state index in [1.807, 2.05) is 0 Å². The first kappa shape index (κ1) is 17.0. The number of Topliss-reactive ketones (excluding diaryl/α,β-unsaturated/α-hetero) is 1. The van der Waals surface area contributed by atoms with Crippen LogP contribution in [-0.2, 0) is 4.79 Å². The van der Waals surface area contributed by atoms with Crippen LogP contribution in [0.5, 0.6) is 11.5 Å². The molecular formula is C15H21NO5. The van der Waals surface area contributed by atoms with Crippen molar-refractivity contribution in [3.8, 4) is 11.5 Å². The van der Waals surface area contributed by atoms with Crippen LogP contribution < -0.4 is 14.8 Å². The number of aliphatic carboxylic acids is 1. The summed E-state index contributed by atoms with van der Waals surface area (Å²) in [5, 5.41) is 11.8. The Hall–Kier alpha value is -2.08. The van der Waals surface area contributed by atoms with Crippen molar-refractivity contribution in [1.29, 1.82) is 0 Å². The average Bonchev–Trinajstić information content (AvgIpc) is 2.45.